The number of nitrogens with one attached hydrogen (secondary N) is 2. The minimum atomic E-state index is -1.08. The second kappa shape index (κ2) is 6.08. The summed E-state index contributed by atoms with van der Waals surface area (Å²) in [4.78, 5) is 30.8. The lowest BCUT2D eigenvalue weighted by molar-refractivity contribution is -0.137. The van der Waals surface area contributed by atoms with Gasteiger partial charge in [0.25, 0.3) is 5.91 Å². The molecule has 4 aliphatic rings. The third-order valence-electron chi connectivity index (χ3n) is 8.16. The van der Waals surface area contributed by atoms with Crippen LogP contribution in [0.4, 0.5) is 11.4 Å². The summed E-state index contributed by atoms with van der Waals surface area (Å²) in [6.07, 6.45) is 1.98. The maximum absolute atomic E-state index is 14.3. The minimum Gasteiger partial charge on any atom is -0.325 e. The van der Waals surface area contributed by atoms with Crippen LogP contribution in [-0.2, 0) is 20.5 Å². The van der Waals surface area contributed by atoms with Crippen LogP contribution in [0.5, 0.6) is 0 Å². The molecule has 5 heteroatoms. The van der Waals surface area contributed by atoms with E-state index in [0.717, 1.165) is 47.5 Å². The molecule has 2 fully saturated rings. The quantitative estimate of drug-likeness (QED) is 0.625. The SMILES string of the molecule is O=C1Nc2ccccc2[C@]12[C@@H](c1ccccc1)C1CCCN1[C@@]21C(=O)Nc2ccccc21. The Kier molecular flexibility index (Phi) is 3.45. The van der Waals surface area contributed by atoms with Crippen molar-refractivity contribution < 1.29 is 9.59 Å². The highest BCUT2D eigenvalue weighted by Gasteiger charge is 2.79. The number of nitrogens with zero attached hydrogens (tertiary/aromatic N) is 1. The first kappa shape index (κ1) is 18.2. The number of rotatable bonds is 1. The van der Waals surface area contributed by atoms with Crippen LogP contribution in [0.15, 0.2) is 78.9 Å². The summed E-state index contributed by atoms with van der Waals surface area (Å²) in [5, 5.41) is 6.33. The van der Waals surface area contributed by atoms with Crippen molar-refractivity contribution in [2.24, 2.45) is 0 Å². The van der Waals surface area contributed by atoms with E-state index in [1.54, 1.807) is 0 Å². The molecule has 5 nitrogen and oxygen atoms in total. The molecule has 2 amide bonds. The average Bonchev–Trinajstić information content (AvgIpc) is 3.53. The zero-order valence-corrected chi connectivity index (χ0v) is 17.5. The molecule has 2 saturated heterocycles. The van der Waals surface area contributed by atoms with E-state index in [4.69, 9.17) is 0 Å². The first-order valence-electron chi connectivity index (χ1n) is 11.3. The molecule has 2 spiro atoms. The summed E-state index contributed by atoms with van der Waals surface area (Å²) >= 11 is 0. The van der Waals surface area contributed by atoms with Gasteiger partial charge in [0, 0.05) is 28.9 Å². The Balaban J connectivity index is 1.65. The Bertz CT molecular complexity index is 1290. The van der Waals surface area contributed by atoms with E-state index in [1.807, 2.05) is 66.7 Å². The number of para-hydroxylation sites is 2. The third-order valence-corrected chi connectivity index (χ3v) is 8.16. The molecule has 4 atom stereocenters. The molecule has 3 aromatic rings. The molecule has 1 unspecified atom stereocenters. The van der Waals surface area contributed by atoms with E-state index in [0.29, 0.717) is 0 Å². The van der Waals surface area contributed by atoms with Crippen molar-refractivity contribution in [2.45, 2.75) is 35.8 Å². The zero-order valence-electron chi connectivity index (χ0n) is 17.5. The molecule has 3 aromatic carbocycles. The molecule has 32 heavy (non-hydrogen) atoms. The Labute approximate surface area is 186 Å². The number of anilines is 2. The number of carbonyl (C=O) groups excluding carboxylic acids is 2. The highest BCUT2D eigenvalue weighted by atomic mass is 16.2. The van der Waals surface area contributed by atoms with Crippen molar-refractivity contribution in [1.29, 1.82) is 0 Å². The van der Waals surface area contributed by atoms with Gasteiger partial charge in [-0.05, 0) is 42.6 Å². The molecule has 0 bridgehead atoms. The first-order chi connectivity index (χ1) is 15.7. The molecule has 0 saturated carbocycles. The van der Waals surface area contributed by atoms with Crippen molar-refractivity contribution >= 4 is 23.2 Å². The second-order valence-electron chi connectivity index (χ2n) is 9.31. The lowest BCUT2D eigenvalue weighted by Crippen LogP contribution is -2.61. The van der Waals surface area contributed by atoms with Crippen LogP contribution in [0, 0.1) is 0 Å². The van der Waals surface area contributed by atoms with Crippen molar-refractivity contribution in [1.82, 2.24) is 4.90 Å². The van der Waals surface area contributed by atoms with Gasteiger partial charge in [-0.1, -0.05) is 66.7 Å². The molecular weight excluding hydrogens is 398 g/mol. The van der Waals surface area contributed by atoms with Gasteiger partial charge in [0.1, 0.15) is 11.0 Å². The third kappa shape index (κ3) is 1.82. The Morgan fingerprint density at radius 2 is 1.38 bits per heavy atom. The van der Waals surface area contributed by atoms with Crippen LogP contribution in [0.3, 0.4) is 0 Å². The highest BCUT2D eigenvalue weighted by molar-refractivity contribution is 6.18. The van der Waals surface area contributed by atoms with Crippen molar-refractivity contribution in [3.05, 3.63) is 95.6 Å². The minimum absolute atomic E-state index is 0.0752. The van der Waals surface area contributed by atoms with E-state index < -0.39 is 11.0 Å². The van der Waals surface area contributed by atoms with E-state index >= 15 is 0 Å². The number of hydrogen-bond donors (Lipinski definition) is 2. The summed E-state index contributed by atoms with van der Waals surface area (Å²) in [6, 6.07) is 26.3. The van der Waals surface area contributed by atoms with Crippen LogP contribution in [0.1, 0.15) is 35.4 Å². The van der Waals surface area contributed by atoms with Gasteiger partial charge in [0.05, 0.1) is 0 Å². The van der Waals surface area contributed by atoms with Crippen LogP contribution in [0.25, 0.3) is 0 Å². The van der Waals surface area contributed by atoms with Gasteiger partial charge in [-0.2, -0.15) is 0 Å². The van der Waals surface area contributed by atoms with Gasteiger partial charge < -0.3 is 10.6 Å². The summed E-state index contributed by atoms with van der Waals surface area (Å²) in [6.45, 7) is 0.799. The largest absolute Gasteiger partial charge is 0.325 e. The van der Waals surface area contributed by atoms with Crippen LogP contribution < -0.4 is 10.6 Å². The Morgan fingerprint density at radius 1 is 0.750 bits per heavy atom. The topological polar surface area (TPSA) is 61.4 Å². The van der Waals surface area contributed by atoms with E-state index in [9.17, 15) is 9.59 Å². The number of amides is 2. The van der Waals surface area contributed by atoms with E-state index in [2.05, 4.69) is 27.7 Å². The summed E-state index contributed by atoms with van der Waals surface area (Å²) in [5.74, 6) is -0.295. The first-order valence-corrected chi connectivity index (χ1v) is 11.3. The highest BCUT2D eigenvalue weighted by Crippen LogP contribution is 2.69. The van der Waals surface area contributed by atoms with Gasteiger partial charge in [-0.3, -0.25) is 14.5 Å². The van der Waals surface area contributed by atoms with Gasteiger partial charge >= 0.3 is 0 Å². The van der Waals surface area contributed by atoms with Crippen molar-refractivity contribution in [3.63, 3.8) is 0 Å². The second-order valence-corrected chi connectivity index (χ2v) is 9.31. The summed E-state index contributed by atoms with van der Waals surface area (Å²) < 4.78 is 0. The maximum Gasteiger partial charge on any atom is 0.251 e. The fourth-order valence-electron chi connectivity index (χ4n) is 7.29. The van der Waals surface area contributed by atoms with E-state index in [1.165, 1.54) is 0 Å². The molecule has 2 N–H and O–H groups in total. The molecular formula is C27H23N3O2. The predicted molar refractivity (Wildman–Crippen MR) is 122 cm³/mol. The van der Waals surface area contributed by atoms with Gasteiger partial charge in [0.2, 0.25) is 5.91 Å². The summed E-state index contributed by atoms with van der Waals surface area (Å²) in [7, 11) is 0. The predicted octanol–water partition coefficient (Wildman–Crippen LogP) is 3.99. The fourth-order valence-corrected chi connectivity index (χ4v) is 7.29. The van der Waals surface area contributed by atoms with Gasteiger partial charge in [0.15, 0.2) is 0 Å². The zero-order chi connectivity index (χ0) is 21.5. The average molecular weight is 422 g/mol. The molecule has 0 aliphatic carbocycles. The van der Waals surface area contributed by atoms with Crippen LogP contribution in [0.2, 0.25) is 0 Å². The number of carbonyl (C=O) groups is 2. The molecule has 0 radical (unpaired) electrons. The molecule has 158 valence electrons. The van der Waals surface area contributed by atoms with Crippen LogP contribution in [-0.4, -0.2) is 29.3 Å². The normalized spacial score (nSPS) is 32.1. The molecule has 4 aliphatic heterocycles. The molecule has 0 aromatic heterocycles. The number of hydrogen-bond acceptors (Lipinski definition) is 3. The smallest absolute Gasteiger partial charge is 0.251 e. The number of benzene rings is 3. The van der Waals surface area contributed by atoms with Crippen molar-refractivity contribution in [2.75, 3.05) is 17.2 Å². The van der Waals surface area contributed by atoms with Crippen molar-refractivity contribution in [3.8, 4) is 0 Å². The Hall–Kier alpha value is -3.44. The Morgan fingerprint density at radius 3 is 2.16 bits per heavy atom. The lowest BCUT2D eigenvalue weighted by Gasteiger charge is -2.44. The standard InChI is InChI=1S/C27H23N3O2/c31-24-26(18-11-4-6-13-20(18)28-24)23(17-9-2-1-3-10-17)22-15-8-16-30(22)27(26)19-12-5-7-14-21(19)29-25(27)32/h1-7,9-14,22-23H,8,15-16H2,(H,28,31)(H,29,32)/t22?,23-,26-,27-/m0/s1. The monoisotopic (exact) mass is 421 g/mol. The maximum atomic E-state index is 14.3. The van der Waals surface area contributed by atoms with E-state index in [-0.39, 0.29) is 23.8 Å². The lowest BCUT2D eigenvalue weighted by atomic mass is 9.57. The summed E-state index contributed by atoms with van der Waals surface area (Å²) in [5.41, 5.74) is 2.46. The van der Waals surface area contributed by atoms with Gasteiger partial charge in [-0.25, -0.2) is 0 Å². The van der Waals surface area contributed by atoms with Crippen LogP contribution >= 0.6 is 0 Å². The molecule has 7 rings (SSSR count). The molecule has 4 heterocycles. The van der Waals surface area contributed by atoms with Gasteiger partial charge in [-0.15, -0.1) is 0 Å². The fraction of sp³-hybridized carbons (Fsp3) is 0.259. The number of fused-ring (bicyclic) bond motifs is 7.